The number of benzene rings is 1. The van der Waals surface area contributed by atoms with E-state index in [4.69, 9.17) is 21.4 Å². The van der Waals surface area contributed by atoms with E-state index in [1.807, 2.05) is 4.68 Å². The molecule has 0 amide bonds. The molecule has 0 saturated carbocycles. The Balaban J connectivity index is 1.58. The summed E-state index contributed by atoms with van der Waals surface area (Å²) < 4.78 is 10.3. The second-order valence-corrected chi connectivity index (χ2v) is 12.3. The molecule has 0 spiro atoms. The Labute approximate surface area is 243 Å². The number of nitrogens with one attached hydrogen (secondary N) is 2. The van der Waals surface area contributed by atoms with Crippen LogP contribution in [0.5, 0.6) is 5.75 Å². The van der Waals surface area contributed by atoms with E-state index in [1.165, 1.54) is 11.1 Å². The molecule has 9 heteroatoms. The molecule has 1 aromatic carbocycles. The zero-order chi connectivity index (χ0) is 29.2. The minimum absolute atomic E-state index is 0.000181. The molecular formula is C31H46ClN7O. The third-order valence-corrected chi connectivity index (χ3v) is 8.90. The lowest BCUT2D eigenvalue weighted by molar-refractivity contribution is 0.204. The normalized spacial score (nSPS) is 13.2. The number of aromatic nitrogens is 6. The predicted molar refractivity (Wildman–Crippen MR) is 164 cm³/mol. The molecule has 1 atom stereocenters. The molecular weight excluding hydrogens is 522 g/mol. The van der Waals surface area contributed by atoms with Gasteiger partial charge in [0.15, 0.2) is 5.65 Å². The smallest absolute Gasteiger partial charge is 0.271 e. The predicted octanol–water partition coefficient (Wildman–Crippen LogP) is 7.67. The molecule has 0 radical (unpaired) electrons. The van der Waals surface area contributed by atoms with Crippen molar-refractivity contribution in [2.75, 3.05) is 11.9 Å². The van der Waals surface area contributed by atoms with Crippen molar-refractivity contribution in [3.05, 3.63) is 51.8 Å². The summed E-state index contributed by atoms with van der Waals surface area (Å²) in [5.74, 6) is 2.23. The molecule has 0 saturated heterocycles. The molecule has 8 nitrogen and oxygen atoms in total. The van der Waals surface area contributed by atoms with E-state index in [9.17, 15) is 0 Å². The number of anilines is 1. The van der Waals surface area contributed by atoms with Crippen LogP contribution in [0.3, 0.4) is 0 Å². The van der Waals surface area contributed by atoms with Gasteiger partial charge in [0.1, 0.15) is 22.7 Å². The summed E-state index contributed by atoms with van der Waals surface area (Å²) in [6.07, 6.45) is 4.60. The zero-order valence-corrected chi connectivity index (χ0v) is 26.4. The van der Waals surface area contributed by atoms with E-state index in [1.54, 1.807) is 4.52 Å². The minimum atomic E-state index is -0.0503. The molecule has 218 valence electrons. The number of halogens is 1. The number of fused-ring (bicyclic) bond motifs is 1. The lowest BCUT2D eigenvalue weighted by Gasteiger charge is -2.31. The topological polar surface area (TPSA) is 85.1 Å². The lowest BCUT2D eigenvalue weighted by atomic mass is 9.76. The average molecular weight is 568 g/mol. The molecule has 40 heavy (non-hydrogen) atoms. The number of aryl methyl sites for hydroxylation is 2. The van der Waals surface area contributed by atoms with Crippen molar-refractivity contribution in [1.82, 2.24) is 29.6 Å². The quantitative estimate of drug-likeness (QED) is 0.173. The van der Waals surface area contributed by atoms with Crippen molar-refractivity contribution in [3.8, 4) is 11.7 Å². The van der Waals surface area contributed by atoms with Gasteiger partial charge in [0.05, 0.1) is 12.2 Å². The van der Waals surface area contributed by atoms with E-state index in [0.29, 0.717) is 29.0 Å². The second kappa shape index (κ2) is 11.9. The molecule has 0 aliphatic rings. The van der Waals surface area contributed by atoms with E-state index < -0.39 is 0 Å². The third-order valence-electron chi connectivity index (χ3n) is 8.55. The summed E-state index contributed by atoms with van der Waals surface area (Å²) >= 11 is 6.74. The van der Waals surface area contributed by atoms with Crippen LogP contribution in [0.4, 0.5) is 5.82 Å². The molecule has 4 aromatic rings. The number of aromatic amines is 1. The molecule has 0 aliphatic heterocycles. The highest BCUT2D eigenvalue weighted by Crippen LogP contribution is 2.39. The van der Waals surface area contributed by atoms with Crippen molar-refractivity contribution in [1.29, 1.82) is 0 Å². The zero-order valence-electron chi connectivity index (χ0n) is 25.7. The van der Waals surface area contributed by atoms with Crippen molar-refractivity contribution in [3.63, 3.8) is 0 Å². The van der Waals surface area contributed by atoms with Gasteiger partial charge in [0.25, 0.3) is 5.95 Å². The molecule has 0 fully saturated rings. The number of nitrogens with zero attached hydrogens (tertiary/aromatic N) is 5. The monoisotopic (exact) mass is 567 g/mol. The van der Waals surface area contributed by atoms with Crippen LogP contribution >= 0.6 is 11.6 Å². The first kappa shape index (κ1) is 30.0. The fourth-order valence-corrected chi connectivity index (χ4v) is 4.99. The summed E-state index contributed by atoms with van der Waals surface area (Å²) in [6.45, 7) is 20.6. The van der Waals surface area contributed by atoms with Gasteiger partial charge in [-0.15, -0.1) is 10.2 Å². The summed E-state index contributed by atoms with van der Waals surface area (Å²) in [6, 6.07) is 8.86. The summed E-state index contributed by atoms with van der Waals surface area (Å²) in [5.41, 5.74) is 5.38. The third kappa shape index (κ3) is 5.73. The second-order valence-electron chi connectivity index (χ2n) is 11.9. The van der Waals surface area contributed by atoms with Gasteiger partial charge in [-0.05, 0) is 60.6 Å². The fraction of sp³-hybridized carbons (Fsp3) is 0.581. The van der Waals surface area contributed by atoms with E-state index in [0.717, 1.165) is 49.2 Å². The summed E-state index contributed by atoms with van der Waals surface area (Å²) in [4.78, 5) is 0. The SMILES string of the molecule is CCc1cc(CC)n(-c2nnc3c(Cl)c(NCC(CC)Oc4ccc(C(C)(C)CC)cc4C(C)(C)CC)[nH]n23)n1. The Morgan fingerprint density at radius 2 is 1.70 bits per heavy atom. The van der Waals surface area contributed by atoms with Gasteiger partial charge in [-0.1, -0.05) is 86.0 Å². The van der Waals surface area contributed by atoms with Crippen LogP contribution in [0.2, 0.25) is 5.02 Å². The maximum atomic E-state index is 6.74. The van der Waals surface area contributed by atoms with Crippen LogP contribution in [-0.2, 0) is 23.7 Å². The first-order valence-corrected chi connectivity index (χ1v) is 15.1. The van der Waals surface area contributed by atoms with Gasteiger partial charge in [-0.2, -0.15) is 9.61 Å². The van der Waals surface area contributed by atoms with Gasteiger partial charge in [-0.25, -0.2) is 4.68 Å². The average Bonchev–Trinajstić information content (AvgIpc) is 3.65. The lowest BCUT2D eigenvalue weighted by Crippen LogP contribution is -2.28. The highest BCUT2D eigenvalue weighted by atomic mass is 35.5. The van der Waals surface area contributed by atoms with E-state index >= 15 is 0 Å². The van der Waals surface area contributed by atoms with Crippen LogP contribution in [0, 0.1) is 0 Å². The highest BCUT2D eigenvalue weighted by molar-refractivity contribution is 6.36. The first-order valence-electron chi connectivity index (χ1n) is 14.8. The first-order chi connectivity index (χ1) is 19.0. The van der Waals surface area contributed by atoms with Crippen molar-refractivity contribution in [2.45, 2.75) is 111 Å². The Hall–Kier alpha value is -3.00. The number of hydrogen-bond donors (Lipinski definition) is 2. The number of rotatable bonds is 13. The minimum Gasteiger partial charge on any atom is -0.488 e. The molecule has 0 bridgehead atoms. The number of H-pyrrole nitrogens is 1. The van der Waals surface area contributed by atoms with Gasteiger partial charge in [0.2, 0.25) is 0 Å². The Morgan fingerprint density at radius 3 is 2.33 bits per heavy atom. The van der Waals surface area contributed by atoms with E-state index in [-0.39, 0.29) is 16.9 Å². The Bertz CT molecular complexity index is 1450. The van der Waals surface area contributed by atoms with Crippen LogP contribution in [-0.4, -0.2) is 42.2 Å². The van der Waals surface area contributed by atoms with Crippen LogP contribution < -0.4 is 10.1 Å². The van der Waals surface area contributed by atoms with Gasteiger partial charge >= 0.3 is 0 Å². The molecule has 3 heterocycles. The number of ether oxygens (including phenoxy) is 1. The Kier molecular flexibility index (Phi) is 8.88. The van der Waals surface area contributed by atoms with Crippen LogP contribution in [0.1, 0.15) is 104 Å². The van der Waals surface area contributed by atoms with Crippen molar-refractivity contribution in [2.24, 2.45) is 0 Å². The molecule has 4 rings (SSSR count). The molecule has 2 N–H and O–H groups in total. The largest absolute Gasteiger partial charge is 0.488 e. The number of hydrogen-bond acceptors (Lipinski definition) is 5. The standard InChI is InChI=1S/C31H46ClN7O/c1-10-21-18-22(11-2)38(36-21)29-35-34-28-26(32)27(37-39(28)29)33-19-23(12-3)40-25-16-15-20(30(6,7)13-4)17-24(25)31(8,9)14-5/h15-18,23,33,37H,10-14,19H2,1-9H3. The van der Waals surface area contributed by atoms with Gasteiger partial charge < -0.3 is 10.1 Å². The van der Waals surface area contributed by atoms with Gasteiger partial charge in [0, 0.05) is 11.3 Å². The Morgan fingerprint density at radius 1 is 0.975 bits per heavy atom. The molecule has 3 aromatic heterocycles. The van der Waals surface area contributed by atoms with Crippen molar-refractivity contribution < 1.29 is 4.74 Å². The summed E-state index contributed by atoms with van der Waals surface area (Å²) in [5, 5.41) is 20.7. The summed E-state index contributed by atoms with van der Waals surface area (Å²) in [7, 11) is 0. The highest BCUT2D eigenvalue weighted by Gasteiger charge is 2.28. The molecule has 1 unspecified atom stereocenters. The van der Waals surface area contributed by atoms with E-state index in [2.05, 4.69) is 107 Å². The van der Waals surface area contributed by atoms with Gasteiger partial charge in [-0.3, -0.25) is 5.10 Å². The maximum Gasteiger partial charge on any atom is 0.271 e. The maximum absolute atomic E-state index is 6.74. The van der Waals surface area contributed by atoms with Crippen LogP contribution in [0.15, 0.2) is 24.3 Å². The fourth-order valence-electron chi connectivity index (χ4n) is 4.76. The molecule has 0 aliphatic carbocycles. The van der Waals surface area contributed by atoms with Crippen molar-refractivity contribution >= 4 is 23.1 Å². The van der Waals surface area contributed by atoms with Crippen LogP contribution in [0.25, 0.3) is 11.6 Å².